The zero-order chi connectivity index (χ0) is 21.9. The SMILES string of the molecule is Cc1cccc(-n2c3ccc(-c4ccccc4)nc3c3c4sc5ccccc5c4ccc32)c1. The van der Waals surface area contributed by atoms with Gasteiger partial charge in [0.05, 0.1) is 22.2 Å². The molecule has 0 atom stereocenters. The molecule has 0 fully saturated rings. The van der Waals surface area contributed by atoms with Crippen molar-refractivity contribution in [1.82, 2.24) is 9.55 Å². The number of nitrogens with zero attached hydrogens (tertiary/aromatic N) is 2. The molecule has 0 saturated carbocycles. The molecule has 0 spiro atoms. The summed E-state index contributed by atoms with van der Waals surface area (Å²) in [5.41, 5.74) is 7.96. The average Bonchev–Trinajstić information content (AvgIpc) is 3.39. The number of rotatable bonds is 2. The summed E-state index contributed by atoms with van der Waals surface area (Å²) in [7, 11) is 0. The Hall–Kier alpha value is -3.95. The van der Waals surface area contributed by atoms with Gasteiger partial charge in [0, 0.05) is 36.8 Å². The number of aromatic nitrogens is 2. The van der Waals surface area contributed by atoms with Gasteiger partial charge >= 0.3 is 0 Å². The zero-order valence-corrected chi connectivity index (χ0v) is 18.9. The summed E-state index contributed by atoms with van der Waals surface area (Å²) in [5, 5.41) is 3.86. The van der Waals surface area contributed by atoms with Crippen LogP contribution >= 0.6 is 11.3 Å². The van der Waals surface area contributed by atoms with Crippen molar-refractivity contribution in [3.8, 4) is 16.9 Å². The summed E-state index contributed by atoms with van der Waals surface area (Å²) in [4.78, 5) is 5.25. The first-order chi connectivity index (χ1) is 16.3. The summed E-state index contributed by atoms with van der Waals surface area (Å²) in [6.07, 6.45) is 0. The molecule has 0 amide bonds. The number of benzene rings is 4. The van der Waals surface area contributed by atoms with E-state index < -0.39 is 0 Å². The molecule has 3 aromatic heterocycles. The molecule has 0 aliphatic rings. The maximum absolute atomic E-state index is 5.25. The molecule has 3 heterocycles. The fourth-order valence-electron chi connectivity index (χ4n) is 4.95. The van der Waals surface area contributed by atoms with Crippen LogP contribution < -0.4 is 0 Å². The van der Waals surface area contributed by atoms with Crippen LogP contribution in [-0.2, 0) is 0 Å². The Morgan fingerprint density at radius 2 is 1.52 bits per heavy atom. The van der Waals surface area contributed by atoms with E-state index in [0.717, 1.165) is 22.3 Å². The van der Waals surface area contributed by atoms with Gasteiger partial charge in [0.1, 0.15) is 0 Å². The average molecular weight is 441 g/mol. The Morgan fingerprint density at radius 3 is 2.39 bits per heavy atom. The van der Waals surface area contributed by atoms with Crippen LogP contribution in [0.25, 0.3) is 59.1 Å². The molecule has 156 valence electrons. The van der Waals surface area contributed by atoms with E-state index in [1.165, 1.54) is 42.3 Å². The lowest BCUT2D eigenvalue weighted by Crippen LogP contribution is -1.94. The van der Waals surface area contributed by atoms with Gasteiger partial charge in [-0.1, -0.05) is 66.7 Å². The van der Waals surface area contributed by atoms with E-state index in [2.05, 4.69) is 109 Å². The van der Waals surface area contributed by atoms with Crippen LogP contribution in [0.4, 0.5) is 0 Å². The largest absolute Gasteiger partial charge is 0.308 e. The first-order valence-electron chi connectivity index (χ1n) is 11.2. The van der Waals surface area contributed by atoms with E-state index >= 15 is 0 Å². The maximum Gasteiger partial charge on any atom is 0.0985 e. The summed E-state index contributed by atoms with van der Waals surface area (Å²) < 4.78 is 4.99. The van der Waals surface area contributed by atoms with Crippen molar-refractivity contribution in [3.63, 3.8) is 0 Å². The zero-order valence-electron chi connectivity index (χ0n) is 18.1. The predicted octanol–water partition coefficient (Wildman–Crippen LogP) is 8.52. The molecule has 0 unspecified atom stereocenters. The number of aryl methyl sites for hydroxylation is 1. The third-order valence-corrected chi connectivity index (χ3v) is 7.65. The minimum Gasteiger partial charge on any atom is -0.308 e. The van der Waals surface area contributed by atoms with Gasteiger partial charge in [-0.15, -0.1) is 11.3 Å². The highest BCUT2D eigenvalue weighted by atomic mass is 32.1. The first kappa shape index (κ1) is 18.6. The van der Waals surface area contributed by atoms with Crippen LogP contribution in [-0.4, -0.2) is 9.55 Å². The molecule has 0 aliphatic heterocycles. The van der Waals surface area contributed by atoms with Crippen molar-refractivity contribution in [2.45, 2.75) is 6.92 Å². The fourth-order valence-corrected chi connectivity index (χ4v) is 6.20. The van der Waals surface area contributed by atoms with Crippen LogP contribution in [0.5, 0.6) is 0 Å². The van der Waals surface area contributed by atoms with Crippen LogP contribution in [0.15, 0.2) is 103 Å². The lowest BCUT2D eigenvalue weighted by atomic mass is 10.1. The predicted molar refractivity (Wildman–Crippen MR) is 142 cm³/mol. The minimum atomic E-state index is 1.00. The molecule has 2 nitrogen and oxygen atoms in total. The molecule has 33 heavy (non-hydrogen) atoms. The number of thiophene rings is 1. The quantitative estimate of drug-likeness (QED) is 0.263. The molecule has 0 N–H and O–H groups in total. The Balaban J connectivity index is 1.67. The van der Waals surface area contributed by atoms with Crippen molar-refractivity contribution in [3.05, 3.63) is 109 Å². The third kappa shape index (κ3) is 2.76. The van der Waals surface area contributed by atoms with Gasteiger partial charge in [0.25, 0.3) is 0 Å². The second-order valence-electron chi connectivity index (χ2n) is 8.54. The van der Waals surface area contributed by atoms with Crippen molar-refractivity contribution in [2.24, 2.45) is 0 Å². The lowest BCUT2D eigenvalue weighted by molar-refractivity contribution is 1.17. The minimum absolute atomic E-state index is 1.00. The first-order valence-corrected chi connectivity index (χ1v) is 12.0. The van der Waals surface area contributed by atoms with Gasteiger partial charge in [-0.25, -0.2) is 4.98 Å². The standard InChI is InChI=1S/C30H20N2S/c1-19-8-7-11-21(18-19)32-25-16-14-23-22-12-5-6-13-27(22)33-30(23)28(25)29-26(32)17-15-24(31-29)20-9-3-2-4-10-20/h2-18H,1H3. The van der Waals surface area contributed by atoms with Crippen molar-refractivity contribution in [1.29, 1.82) is 0 Å². The van der Waals surface area contributed by atoms with Gasteiger partial charge < -0.3 is 4.57 Å². The molecular formula is C30H20N2S. The molecule has 3 heteroatoms. The molecule has 7 rings (SSSR count). The van der Waals surface area contributed by atoms with Crippen LogP contribution in [0.3, 0.4) is 0 Å². The molecule has 7 aromatic rings. The topological polar surface area (TPSA) is 17.8 Å². The Bertz CT molecular complexity index is 1820. The molecule has 0 saturated heterocycles. The normalized spacial score (nSPS) is 11.8. The van der Waals surface area contributed by atoms with Gasteiger partial charge in [0.2, 0.25) is 0 Å². The summed E-state index contributed by atoms with van der Waals surface area (Å²) in [5.74, 6) is 0. The Kier molecular flexibility index (Phi) is 3.96. The third-order valence-electron chi connectivity index (χ3n) is 6.45. The van der Waals surface area contributed by atoms with Crippen molar-refractivity contribution >= 4 is 53.4 Å². The van der Waals surface area contributed by atoms with E-state index in [-0.39, 0.29) is 0 Å². The van der Waals surface area contributed by atoms with Crippen LogP contribution in [0.1, 0.15) is 5.56 Å². The molecule has 0 radical (unpaired) electrons. The second-order valence-corrected chi connectivity index (χ2v) is 9.59. The van der Waals surface area contributed by atoms with E-state index in [9.17, 15) is 0 Å². The van der Waals surface area contributed by atoms with E-state index in [0.29, 0.717) is 0 Å². The smallest absolute Gasteiger partial charge is 0.0985 e. The van der Waals surface area contributed by atoms with Gasteiger partial charge in [-0.05, 0) is 48.9 Å². The van der Waals surface area contributed by atoms with Gasteiger partial charge in [0.15, 0.2) is 0 Å². The van der Waals surface area contributed by atoms with Crippen LogP contribution in [0.2, 0.25) is 0 Å². The highest BCUT2D eigenvalue weighted by Crippen LogP contribution is 2.43. The Labute approximate surface area is 195 Å². The van der Waals surface area contributed by atoms with Crippen molar-refractivity contribution < 1.29 is 0 Å². The van der Waals surface area contributed by atoms with Crippen LogP contribution in [0, 0.1) is 6.92 Å². The lowest BCUT2D eigenvalue weighted by Gasteiger charge is -2.09. The number of hydrogen-bond acceptors (Lipinski definition) is 2. The Morgan fingerprint density at radius 1 is 0.697 bits per heavy atom. The fraction of sp³-hybridized carbons (Fsp3) is 0.0333. The highest BCUT2D eigenvalue weighted by Gasteiger charge is 2.19. The molecule has 0 aliphatic carbocycles. The molecule has 4 aromatic carbocycles. The summed E-state index contributed by atoms with van der Waals surface area (Å²) in [6.45, 7) is 2.15. The molecular weight excluding hydrogens is 420 g/mol. The number of pyridine rings is 1. The van der Waals surface area contributed by atoms with Crippen molar-refractivity contribution in [2.75, 3.05) is 0 Å². The number of fused-ring (bicyclic) bond motifs is 7. The molecule has 0 bridgehead atoms. The highest BCUT2D eigenvalue weighted by molar-refractivity contribution is 7.26. The van der Waals surface area contributed by atoms with E-state index in [4.69, 9.17) is 4.98 Å². The second kappa shape index (κ2) is 7.03. The maximum atomic E-state index is 5.25. The van der Waals surface area contributed by atoms with E-state index in [1.54, 1.807) is 0 Å². The van der Waals surface area contributed by atoms with E-state index in [1.807, 2.05) is 17.4 Å². The summed E-state index contributed by atoms with van der Waals surface area (Å²) in [6, 6.07) is 36.8. The monoisotopic (exact) mass is 440 g/mol. The van der Waals surface area contributed by atoms with Gasteiger partial charge in [-0.3, -0.25) is 0 Å². The summed E-state index contributed by atoms with van der Waals surface area (Å²) >= 11 is 1.87. The van der Waals surface area contributed by atoms with Gasteiger partial charge in [-0.2, -0.15) is 0 Å². The number of hydrogen-bond donors (Lipinski definition) is 0.